The molecule has 0 aliphatic rings. The van der Waals surface area contributed by atoms with E-state index in [9.17, 15) is 13.2 Å². The van der Waals surface area contributed by atoms with E-state index in [1.165, 1.54) is 25.1 Å². The number of benzene rings is 1. The lowest BCUT2D eigenvalue weighted by Gasteiger charge is -2.14. The first-order valence-electron chi connectivity index (χ1n) is 4.31. The van der Waals surface area contributed by atoms with Crippen LogP contribution < -0.4 is 5.32 Å². The highest BCUT2D eigenvalue weighted by molar-refractivity contribution is 5.46. The van der Waals surface area contributed by atoms with Crippen LogP contribution in [0.25, 0.3) is 0 Å². The van der Waals surface area contributed by atoms with Crippen LogP contribution in [0.4, 0.5) is 18.9 Å². The van der Waals surface area contributed by atoms with Crippen molar-refractivity contribution in [2.45, 2.75) is 26.3 Å². The maximum Gasteiger partial charge on any atom is 0.258 e. The van der Waals surface area contributed by atoms with Gasteiger partial charge < -0.3 is 5.32 Å². The molecule has 0 radical (unpaired) electrons. The van der Waals surface area contributed by atoms with Gasteiger partial charge in [-0.2, -0.15) is 0 Å². The van der Waals surface area contributed by atoms with Gasteiger partial charge in [-0.3, -0.25) is 0 Å². The highest BCUT2D eigenvalue weighted by atomic mass is 19.3. The average Bonchev–Trinajstić information content (AvgIpc) is 2.11. The average molecular weight is 203 g/mol. The molecule has 0 saturated carbocycles. The molecule has 0 spiro atoms. The molecule has 0 amide bonds. The molecule has 0 aromatic heterocycles. The molecule has 14 heavy (non-hydrogen) atoms. The summed E-state index contributed by atoms with van der Waals surface area (Å²) < 4.78 is 37.1. The first kappa shape index (κ1) is 10.9. The zero-order valence-electron chi connectivity index (χ0n) is 8.02. The van der Waals surface area contributed by atoms with E-state index in [-0.39, 0.29) is 5.82 Å². The normalized spacial score (nSPS) is 13.0. The van der Waals surface area contributed by atoms with Crippen molar-refractivity contribution < 1.29 is 13.2 Å². The van der Waals surface area contributed by atoms with Gasteiger partial charge >= 0.3 is 0 Å². The van der Waals surface area contributed by atoms with Gasteiger partial charge in [0.2, 0.25) is 0 Å². The van der Waals surface area contributed by atoms with Crippen LogP contribution in [0.5, 0.6) is 0 Å². The van der Waals surface area contributed by atoms with E-state index < -0.39 is 12.5 Å². The minimum atomic E-state index is -2.43. The number of anilines is 1. The first-order valence-corrected chi connectivity index (χ1v) is 4.31. The number of halogens is 3. The fourth-order valence-corrected chi connectivity index (χ4v) is 1.06. The molecular formula is C10H12F3N. The Morgan fingerprint density at radius 1 is 1.29 bits per heavy atom. The molecule has 1 N–H and O–H groups in total. The molecule has 1 aromatic rings. The van der Waals surface area contributed by atoms with Gasteiger partial charge in [-0.15, -0.1) is 0 Å². The monoisotopic (exact) mass is 203 g/mol. The van der Waals surface area contributed by atoms with Crippen molar-refractivity contribution in [3.8, 4) is 0 Å². The molecule has 4 heteroatoms. The van der Waals surface area contributed by atoms with Crippen molar-refractivity contribution in [2.24, 2.45) is 0 Å². The van der Waals surface area contributed by atoms with Crippen LogP contribution in [0.3, 0.4) is 0 Å². The summed E-state index contributed by atoms with van der Waals surface area (Å²) in [6.07, 6.45) is -2.43. The van der Waals surface area contributed by atoms with E-state index >= 15 is 0 Å². The SMILES string of the molecule is Cc1cc(NC(C)C(F)F)ccc1F. The lowest BCUT2D eigenvalue weighted by Crippen LogP contribution is -2.23. The summed E-state index contributed by atoms with van der Waals surface area (Å²) in [4.78, 5) is 0. The molecule has 0 saturated heterocycles. The molecule has 0 aliphatic carbocycles. The molecule has 0 bridgehead atoms. The standard InChI is InChI=1S/C10H12F3N/c1-6-5-8(3-4-9(6)11)14-7(2)10(12)13/h3-5,7,10,14H,1-2H3. The quantitative estimate of drug-likeness (QED) is 0.795. The van der Waals surface area contributed by atoms with Crippen LogP contribution in [0.15, 0.2) is 18.2 Å². The number of hydrogen-bond donors (Lipinski definition) is 1. The maximum atomic E-state index is 12.8. The van der Waals surface area contributed by atoms with E-state index in [0.717, 1.165) is 0 Å². The summed E-state index contributed by atoms with van der Waals surface area (Å²) in [6.45, 7) is 2.97. The van der Waals surface area contributed by atoms with E-state index in [2.05, 4.69) is 5.32 Å². The fourth-order valence-electron chi connectivity index (χ4n) is 1.06. The predicted molar refractivity (Wildman–Crippen MR) is 50.2 cm³/mol. The van der Waals surface area contributed by atoms with Crippen LogP contribution in [0, 0.1) is 12.7 Å². The lowest BCUT2D eigenvalue weighted by molar-refractivity contribution is 0.130. The second-order valence-corrected chi connectivity index (χ2v) is 3.23. The number of rotatable bonds is 3. The summed E-state index contributed by atoms with van der Waals surface area (Å²) in [5.74, 6) is -0.333. The summed E-state index contributed by atoms with van der Waals surface area (Å²) in [6, 6.07) is 3.28. The van der Waals surface area contributed by atoms with Crippen molar-refractivity contribution >= 4 is 5.69 Å². The summed E-state index contributed by atoms with van der Waals surface area (Å²) in [5, 5.41) is 2.59. The molecule has 0 aliphatic heterocycles. The molecule has 1 nitrogen and oxygen atoms in total. The van der Waals surface area contributed by atoms with E-state index in [1.54, 1.807) is 6.92 Å². The van der Waals surface area contributed by atoms with Gasteiger partial charge in [0.25, 0.3) is 6.43 Å². The minimum Gasteiger partial charge on any atom is -0.377 e. The van der Waals surface area contributed by atoms with Gasteiger partial charge in [0.05, 0.1) is 6.04 Å². The van der Waals surface area contributed by atoms with E-state index in [0.29, 0.717) is 11.3 Å². The molecular weight excluding hydrogens is 191 g/mol. The topological polar surface area (TPSA) is 12.0 Å². The van der Waals surface area contributed by atoms with Crippen molar-refractivity contribution in [3.63, 3.8) is 0 Å². The molecule has 1 atom stereocenters. The Labute approximate surface area is 80.9 Å². The minimum absolute atomic E-state index is 0.333. The number of alkyl halides is 2. The Morgan fingerprint density at radius 2 is 1.93 bits per heavy atom. The summed E-state index contributed by atoms with van der Waals surface area (Å²) in [5.41, 5.74) is 0.952. The zero-order valence-corrected chi connectivity index (χ0v) is 8.02. The molecule has 0 heterocycles. The van der Waals surface area contributed by atoms with E-state index in [4.69, 9.17) is 0 Å². The first-order chi connectivity index (χ1) is 6.50. The number of nitrogens with one attached hydrogen (secondary N) is 1. The van der Waals surface area contributed by atoms with Crippen molar-refractivity contribution in [1.29, 1.82) is 0 Å². The summed E-state index contributed by atoms with van der Waals surface area (Å²) >= 11 is 0. The van der Waals surface area contributed by atoms with Gasteiger partial charge in [-0.1, -0.05) is 0 Å². The van der Waals surface area contributed by atoms with Gasteiger partial charge in [-0.25, -0.2) is 13.2 Å². The zero-order chi connectivity index (χ0) is 10.7. The Balaban J connectivity index is 2.73. The molecule has 1 unspecified atom stereocenters. The largest absolute Gasteiger partial charge is 0.377 e. The predicted octanol–water partition coefficient (Wildman–Crippen LogP) is 3.20. The molecule has 1 rings (SSSR count). The summed E-state index contributed by atoms with van der Waals surface area (Å²) in [7, 11) is 0. The highest BCUT2D eigenvalue weighted by Gasteiger charge is 2.13. The van der Waals surface area contributed by atoms with Gasteiger partial charge in [0, 0.05) is 5.69 Å². The van der Waals surface area contributed by atoms with Crippen LogP contribution >= 0.6 is 0 Å². The van der Waals surface area contributed by atoms with Crippen molar-refractivity contribution in [2.75, 3.05) is 5.32 Å². The Kier molecular flexibility index (Phi) is 3.38. The Hall–Kier alpha value is -1.19. The number of aryl methyl sites for hydroxylation is 1. The van der Waals surface area contributed by atoms with Gasteiger partial charge in [0.15, 0.2) is 0 Å². The molecule has 78 valence electrons. The Morgan fingerprint density at radius 3 is 2.43 bits per heavy atom. The van der Waals surface area contributed by atoms with Crippen LogP contribution in [0.2, 0.25) is 0 Å². The lowest BCUT2D eigenvalue weighted by atomic mass is 10.2. The second-order valence-electron chi connectivity index (χ2n) is 3.23. The number of hydrogen-bond acceptors (Lipinski definition) is 1. The van der Waals surface area contributed by atoms with Gasteiger partial charge in [-0.05, 0) is 37.6 Å². The van der Waals surface area contributed by atoms with Crippen molar-refractivity contribution in [3.05, 3.63) is 29.6 Å². The van der Waals surface area contributed by atoms with Crippen LogP contribution in [-0.2, 0) is 0 Å². The van der Waals surface area contributed by atoms with Crippen LogP contribution in [0.1, 0.15) is 12.5 Å². The second kappa shape index (κ2) is 4.35. The smallest absolute Gasteiger partial charge is 0.258 e. The van der Waals surface area contributed by atoms with Gasteiger partial charge in [0.1, 0.15) is 5.82 Å². The van der Waals surface area contributed by atoms with E-state index in [1.807, 2.05) is 0 Å². The van der Waals surface area contributed by atoms with Crippen LogP contribution in [-0.4, -0.2) is 12.5 Å². The van der Waals surface area contributed by atoms with Crippen molar-refractivity contribution in [1.82, 2.24) is 0 Å². The fraction of sp³-hybridized carbons (Fsp3) is 0.400. The highest BCUT2D eigenvalue weighted by Crippen LogP contribution is 2.16. The third-order valence-corrected chi connectivity index (χ3v) is 1.93. The maximum absolute atomic E-state index is 12.8. The third-order valence-electron chi connectivity index (χ3n) is 1.93. The molecule has 1 aromatic carbocycles. The molecule has 0 fully saturated rings. The third kappa shape index (κ3) is 2.65. The Bertz CT molecular complexity index is 312.